The molecule has 0 N–H and O–H groups in total. The van der Waals surface area contributed by atoms with Crippen LogP contribution in [0.15, 0.2) is 101 Å². The minimum absolute atomic E-state index is 0.397. The summed E-state index contributed by atoms with van der Waals surface area (Å²) in [5, 5.41) is 8.69. The van der Waals surface area contributed by atoms with E-state index in [1.54, 1.807) is 0 Å². The van der Waals surface area contributed by atoms with Crippen LogP contribution in [0, 0.1) is 0 Å². The molecular formula is C24H20N2O2. The lowest BCUT2D eigenvalue weighted by molar-refractivity contribution is 0.128. The van der Waals surface area contributed by atoms with Gasteiger partial charge in [0.1, 0.15) is 24.6 Å². The Labute approximate surface area is 164 Å². The van der Waals surface area contributed by atoms with E-state index in [0.29, 0.717) is 24.6 Å². The molecule has 0 spiro atoms. The molecule has 0 amide bonds. The van der Waals surface area contributed by atoms with Gasteiger partial charge in [0.05, 0.1) is 0 Å². The van der Waals surface area contributed by atoms with Crippen molar-refractivity contribution in [1.29, 1.82) is 0 Å². The van der Waals surface area contributed by atoms with Gasteiger partial charge in [0.25, 0.3) is 0 Å². The molecule has 3 aromatic carbocycles. The molecule has 1 aliphatic carbocycles. The zero-order valence-electron chi connectivity index (χ0n) is 15.4. The molecule has 0 bridgehead atoms. The predicted octanol–water partition coefficient (Wildman–Crippen LogP) is 5.21. The first-order valence-corrected chi connectivity index (χ1v) is 9.16. The number of hydrogen-bond donors (Lipinski definition) is 0. The third-order valence-electron chi connectivity index (χ3n) is 4.35. The van der Waals surface area contributed by atoms with Gasteiger partial charge in [-0.1, -0.05) is 101 Å². The van der Waals surface area contributed by atoms with Gasteiger partial charge >= 0.3 is 0 Å². The summed E-state index contributed by atoms with van der Waals surface area (Å²) in [5.74, 6) is 0. The van der Waals surface area contributed by atoms with Crippen LogP contribution in [0.3, 0.4) is 0 Å². The molecule has 28 heavy (non-hydrogen) atoms. The van der Waals surface area contributed by atoms with Crippen molar-refractivity contribution in [3.05, 3.63) is 113 Å². The highest BCUT2D eigenvalue weighted by Crippen LogP contribution is 2.19. The van der Waals surface area contributed by atoms with Gasteiger partial charge in [0, 0.05) is 5.56 Å². The average Bonchev–Trinajstić information content (AvgIpc) is 2.76. The number of rotatable bonds is 6. The van der Waals surface area contributed by atoms with Crippen LogP contribution in [0.25, 0.3) is 6.08 Å². The van der Waals surface area contributed by atoms with Crippen molar-refractivity contribution in [3.63, 3.8) is 0 Å². The molecule has 0 unspecified atom stereocenters. The molecule has 3 aromatic rings. The van der Waals surface area contributed by atoms with Crippen LogP contribution in [0.4, 0.5) is 0 Å². The molecule has 1 aliphatic rings. The Bertz CT molecular complexity index is 1010. The molecule has 0 saturated heterocycles. The maximum atomic E-state index is 5.63. The lowest BCUT2D eigenvalue weighted by atomic mass is 9.94. The highest BCUT2D eigenvalue weighted by Gasteiger charge is 2.18. The van der Waals surface area contributed by atoms with Crippen LogP contribution in [-0.2, 0) is 22.9 Å². The molecule has 0 radical (unpaired) electrons. The summed E-state index contributed by atoms with van der Waals surface area (Å²) in [6, 6.07) is 27.9. The first kappa shape index (κ1) is 17.7. The molecule has 4 rings (SSSR count). The van der Waals surface area contributed by atoms with E-state index < -0.39 is 0 Å². The smallest absolute Gasteiger partial charge is 0.142 e. The fourth-order valence-corrected chi connectivity index (χ4v) is 2.91. The van der Waals surface area contributed by atoms with Crippen LogP contribution in [-0.4, -0.2) is 11.4 Å². The van der Waals surface area contributed by atoms with Crippen molar-refractivity contribution in [3.8, 4) is 0 Å². The van der Waals surface area contributed by atoms with Crippen LogP contribution in [0.5, 0.6) is 0 Å². The number of allylic oxidation sites excluding steroid dienone is 1. The Morgan fingerprint density at radius 2 is 1.14 bits per heavy atom. The number of hydrogen-bond acceptors (Lipinski definition) is 4. The Hall–Kier alpha value is -3.66. The van der Waals surface area contributed by atoms with E-state index >= 15 is 0 Å². The average molecular weight is 368 g/mol. The van der Waals surface area contributed by atoms with Gasteiger partial charge in [0.2, 0.25) is 0 Å². The molecule has 0 atom stereocenters. The number of fused-ring (bicyclic) bond motifs is 1. The lowest BCUT2D eigenvalue weighted by Gasteiger charge is -2.14. The molecule has 4 nitrogen and oxygen atoms in total. The second-order valence-electron chi connectivity index (χ2n) is 6.36. The van der Waals surface area contributed by atoms with Crippen molar-refractivity contribution in [1.82, 2.24) is 0 Å². The Balaban J connectivity index is 1.53. The van der Waals surface area contributed by atoms with Gasteiger partial charge in [-0.15, -0.1) is 0 Å². The summed E-state index contributed by atoms with van der Waals surface area (Å²) in [4.78, 5) is 11.2. The van der Waals surface area contributed by atoms with E-state index in [9.17, 15) is 0 Å². The zero-order chi connectivity index (χ0) is 19.0. The normalized spacial score (nSPS) is 15.4. The van der Waals surface area contributed by atoms with Crippen LogP contribution in [0.1, 0.15) is 22.3 Å². The van der Waals surface area contributed by atoms with Gasteiger partial charge in [-0.3, -0.25) is 0 Å². The van der Waals surface area contributed by atoms with Crippen molar-refractivity contribution in [2.24, 2.45) is 10.3 Å². The Morgan fingerprint density at radius 1 is 0.571 bits per heavy atom. The van der Waals surface area contributed by atoms with Gasteiger partial charge < -0.3 is 9.68 Å². The van der Waals surface area contributed by atoms with E-state index in [2.05, 4.69) is 10.3 Å². The highest BCUT2D eigenvalue weighted by molar-refractivity contribution is 6.54. The minimum atomic E-state index is 0.397. The Morgan fingerprint density at radius 3 is 1.82 bits per heavy atom. The van der Waals surface area contributed by atoms with E-state index in [0.717, 1.165) is 22.3 Å². The number of benzene rings is 3. The molecule has 4 heteroatoms. The topological polar surface area (TPSA) is 43.2 Å². The van der Waals surface area contributed by atoms with Crippen molar-refractivity contribution in [2.75, 3.05) is 0 Å². The summed E-state index contributed by atoms with van der Waals surface area (Å²) >= 11 is 0. The summed E-state index contributed by atoms with van der Waals surface area (Å²) in [5.41, 5.74) is 5.48. The molecule has 0 saturated carbocycles. The minimum Gasteiger partial charge on any atom is -0.390 e. The number of oxime groups is 2. The SMILES string of the molecule is C1=Cc2ccccc2C(=NOCc2ccccc2)C1=NOCc1ccccc1. The maximum absolute atomic E-state index is 5.63. The van der Waals surface area contributed by atoms with E-state index in [-0.39, 0.29) is 0 Å². The maximum Gasteiger partial charge on any atom is 0.142 e. The summed E-state index contributed by atoms with van der Waals surface area (Å²) in [7, 11) is 0. The van der Waals surface area contributed by atoms with E-state index in [1.807, 2.05) is 97.1 Å². The second-order valence-corrected chi connectivity index (χ2v) is 6.36. The summed E-state index contributed by atoms with van der Waals surface area (Å²) in [6.07, 6.45) is 3.91. The zero-order valence-corrected chi connectivity index (χ0v) is 15.4. The lowest BCUT2D eigenvalue weighted by Crippen LogP contribution is -2.19. The molecule has 0 fully saturated rings. The van der Waals surface area contributed by atoms with Crippen LogP contribution in [0.2, 0.25) is 0 Å². The quantitative estimate of drug-likeness (QED) is 0.561. The van der Waals surface area contributed by atoms with Gasteiger partial charge in [-0.05, 0) is 22.8 Å². The van der Waals surface area contributed by atoms with Gasteiger partial charge in [-0.2, -0.15) is 0 Å². The van der Waals surface area contributed by atoms with Gasteiger partial charge in [-0.25, -0.2) is 0 Å². The van der Waals surface area contributed by atoms with Crippen molar-refractivity contribution in [2.45, 2.75) is 13.2 Å². The molecule has 0 aliphatic heterocycles. The van der Waals surface area contributed by atoms with Crippen molar-refractivity contribution < 1.29 is 9.68 Å². The number of nitrogens with zero attached hydrogens (tertiary/aromatic N) is 2. The first-order chi connectivity index (χ1) is 13.9. The van der Waals surface area contributed by atoms with Crippen LogP contribution < -0.4 is 0 Å². The molecule has 0 heterocycles. The third kappa shape index (κ3) is 4.35. The summed E-state index contributed by atoms with van der Waals surface area (Å²) in [6.45, 7) is 0.798. The van der Waals surface area contributed by atoms with Crippen LogP contribution >= 0.6 is 0 Å². The monoisotopic (exact) mass is 368 g/mol. The van der Waals surface area contributed by atoms with Gasteiger partial charge in [0.15, 0.2) is 0 Å². The molecule has 138 valence electrons. The fourth-order valence-electron chi connectivity index (χ4n) is 2.91. The molecular weight excluding hydrogens is 348 g/mol. The summed E-state index contributed by atoms with van der Waals surface area (Å²) < 4.78 is 0. The van der Waals surface area contributed by atoms with Crippen molar-refractivity contribution >= 4 is 17.5 Å². The van der Waals surface area contributed by atoms with E-state index in [4.69, 9.17) is 9.68 Å². The second kappa shape index (κ2) is 8.82. The highest BCUT2D eigenvalue weighted by atomic mass is 16.6. The van der Waals surface area contributed by atoms with E-state index in [1.165, 1.54) is 0 Å². The predicted molar refractivity (Wildman–Crippen MR) is 112 cm³/mol. The standard InChI is InChI=1S/C24H20N2O2/c1-3-9-19(10-4-1)17-27-25-23-16-15-21-13-7-8-14-22(21)24(23)26-28-18-20-11-5-2-6-12-20/h1-16H,17-18H2. The third-order valence-corrected chi connectivity index (χ3v) is 4.35. The largest absolute Gasteiger partial charge is 0.390 e. The fraction of sp³-hybridized carbons (Fsp3) is 0.0833. The molecule has 0 aromatic heterocycles. The first-order valence-electron chi connectivity index (χ1n) is 9.16. The Kier molecular flexibility index (Phi) is 5.59.